The SMILES string of the molecule is Cc1cccnc1N1CCN(S(=O)(=O)c2ccc(Cl)cc2)CC1. The maximum absolute atomic E-state index is 12.7. The summed E-state index contributed by atoms with van der Waals surface area (Å²) in [5.74, 6) is 0.927. The zero-order valence-electron chi connectivity index (χ0n) is 12.8. The molecule has 0 unspecified atom stereocenters. The van der Waals surface area contributed by atoms with E-state index in [1.807, 2.05) is 19.1 Å². The Hall–Kier alpha value is -1.63. The molecule has 1 saturated heterocycles. The summed E-state index contributed by atoms with van der Waals surface area (Å²) < 4.78 is 26.8. The first-order valence-electron chi connectivity index (χ1n) is 7.41. The molecule has 0 atom stereocenters. The monoisotopic (exact) mass is 351 g/mol. The summed E-state index contributed by atoms with van der Waals surface area (Å²) in [5.41, 5.74) is 1.10. The van der Waals surface area contributed by atoms with Gasteiger partial charge in [0.2, 0.25) is 10.0 Å². The molecule has 122 valence electrons. The Bertz CT molecular complexity index is 785. The van der Waals surface area contributed by atoms with Crippen molar-refractivity contribution in [3.63, 3.8) is 0 Å². The van der Waals surface area contributed by atoms with Crippen LogP contribution < -0.4 is 4.90 Å². The Morgan fingerprint density at radius 3 is 2.30 bits per heavy atom. The Labute approximate surface area is 141 Å². The van der Waals surface area contributed by atoms with Crippen molar-refractivity contribution in [2.45, 2.75) is 11.8 Å². The van der Waals surface area contributed by atoms with Gasteiger partial charge in [-0.1, -0.05) is 17.7 Å². The van der Waals surface area contributed by atoms with Gasteiger partial charge in [0.1, 0.15) is 5.82 Å². The number of anilines is 1. The highest BCUT2D eigenvalue weighted by molar-refractivity contribution is 7.89. The molecule has 0 spiro atoms. The van der Waals surface area contributed by atoms with Gasteiger partial charge < -0.3 is 4.90 Å². The minimum absolute atomic E-state index is 0.282. The lowest BCUT2D eigenvalue weighted by molar-refractivity contribution is 0.383. The van der Waals surface area contributed by atoms with Crippen LogP contribution in [0.3, 0.4) is 0 Å². The molecule has 23 heavy (non-hydrogen) atoms. The molecule has 0 radical (unpaired) electrons. The van der Waals surface area contributed by atoms with Gasteiger partial charge in [-0.25, -0.2) is 13.4 Å². The van der Waals surface area contributed by atoms with Crippen LogP contribution in [0.4, 0.5) is 5.82 Å². The van der Waals surface area contributed by atoms with Gasteiger partial charge in [-0.2, -0.15) is 4.31 Å². The minimum atomic E-state index is -3.47. The highest BCUT2D eigenvalue weighted by Crippen LogP contribution is 2.22. The molecule has 3 rings (SSSR count). The number of pyridine rings is 1. The molecule has 1 aliphatic rings. The molecule has 1 aromatic carbocycles. The van der Waals surface area contributed by atoms with E-state index in [9.17, 15) is 8.42 Å². The van der Waals surface area contributed by atoms with E-state index >= 15 is 0 Å². The van der Waals surface area contributed by atoms with Crippen molar-refractivity contribution in [2.24, 2.45) is 0 Å². The molecule has 5 nitrogen and oxygen atoms in total. The van der Waals surface area contributed by atoms with Crippen LogP contribution >= 0.6 is 11.6 Å². The number of piperazine rings is 1. The molecule has 0 amide bonds. The van der Waals surface area contributed by atoms with Crippen LogP contribution in [0.15, 0.2) is 47.5 Å². The largest absolute Gasteiger partial charge is 0.354 e. The Balaban J connectivity index is 1.74. The zero-order valence-corrected chi connectivity index (χ0v) is 14.4. The lowest BCUT2D eigenvalue weighted by Crippen LogP contribution is -2.49. The standard InChI is InChI=1S/C16H18ClN3O2S/c1-13-3-2-8-18-16(13)19-9-11-20(12-10-19)23(21,22)15-6-4-14(17)5-7-15/h2-8H,9-12H2,1H3. The van der Waals surface area contributed by atoms with E-state index in [4.69, 9.17) is 11.6 Å². The maximum Gasteiger partial charge on any atom is 0.243 e. The van der Waals surface area contributed by atoms with E-state index in [0.29, 0.717) is 31.2 Å². The van der Waals surface area contributed by atoms with Gasteiger partial charge in [-0.05, 0) is 42.8 Å². The summed E-state index contributed by atoms with van der Waals surface area (Å²) in [6.07, 6.45) is 1.76. The van der Waals surface area contributed by atoms with Crippen molar-refractivity contribution in [3.8, 4) is 0 Å². The molecular weight excluding hydrogens is 334 g/mol. The summed E-state index contributed by atoms with van der Waals surface area (Å²) in [7, 11) is -3.47. The topological polar surface area (TPSA) is 53.5 Å². The smallest absolute Gasteiger partial charge is 0.243 e. The first-order chi connectivity index (χ1) is 11.0. The minimum Gasteiger partial charge on any atom is -0.354 e. The van der Waals surface area contributed by atoms with Gasteiger partial charge in [-0.3, -0.25) is 0 Å². The Morgan fingerprint density at radius 1 is 1.04 bits per heavy atom. The number of sulfonamides is 1. The number of halogens is 1. The molecule has 0 aliphatic carbocycles. The van der Waals surface area contributed by atoms with Crippen LogP contribution in [0.25, 0.3) is 0 Å². The molecule has 1 aliphatic heterocycles. The molecule has 1 fully saturated rings. The number of aryl methyl sites for hydroxylation is 1. The van der Waals surface area contributed by atoms with Crippen LogP contribution in [-0.4, -0.2) is 43.9 Å². The van der Waals surface area contributed by atoms with Crippen molar-refractivity contribution >= 4 is 27.4 Å². The van der Waals surface area contributed by atoms with Crippen molar-refractivity contribution in [2.75, 3.05) is 31.1 Å². The summed E-state index contributed by atoms with van der Waals surface area (Å²) in [6, 6.07) is 10.2. The van der Waals surface area contributed by atoms with Crippen LogP contribution in [0.1, 0.15) is 5.56 Å². The third kappa shape index (κ3) is 3.34. The van der Waals surface area contributed by atoms with Crippen molar-refractivity contribution < 1.29 is 8.42 Å². The van der Waals surface area contributed by atoms with Crippen LogP contribution in [0, 0.1) is 6.92 Å². The fraction of sp³-hybridized carbons (Fsp3) is 0.312. The van der Waals surface area contributed by atoms with Gasteiger partial charge >= 0.3 is 0 Å². The van der Waals surface area contributed by atoms with Crippen LogP contribution in [0.5, 0.6) is 0 Å². The van der Waals surface area contributed by atoms with E-state index in [2.05, 4.69) is 9.88 Å². The van der Waals surface area contributed by atoms with Crippen molar-refractivity contribution in [1.82, 2.24) is 9.29 Å². The lowest BCUT2D eigenvalue weighted by Gasteiger charge is -2.35. The number of rotatable bonds is 3. The summed E-state index contributed by atoms with van der Waals surface area (Å²) in [4.78, 5) is 6.81. The molecule has 0 saturated carbocycles. The third-order valence-corrected chi connectivity index (χ3v) is 6.14. The average molecular weight is 352 g/mol. The summed E-state index contributed by atoms with van der Waals surface area (Å²) >= 11 is 5.83. The summed E-state index contributed by atoms with van der Waals surface area (Å²) in [6.45, 7) is 4.16. The molecule has 2 heterocycles. The number of nitrogens with zero attached hydrogens (tertiary/aromatic N) is 3. The normalized spacial score (nSPS) is 16.5. The second-order valence-electron chi connectivity index (χ2n) is 5.49. The third-order valence-electron chi connectivity index (χ3n) is 3.97. The summed E-state index contributed by atoms with van der Waals surface area (Å²) in [5, 5.41) is 0.527. The van der Waals surface area contributed by atoms with E-state index in [0.717, 1.165) is 11.4 Å². The number of hydrogen-bond donors (Lipinski definition) is 0. The number of aromatic nitrogens is 1. The van der Waals surface area contributed by atoms with E-state index in [-0.39, 0.29) is 4.90 Å². The second-order valence-corrected chi connectivity index (χ2v) is 7.86. The lowest BCUT2D eigenvalue weighted by atomic mass is 10.2. The molecule has 1 aromatic heterocycles. The predicted octanol–water partition coefficient (Wildman–Crippen LogP) is 2.55. The quantitative estimate of drug-likeness (QED) is 0.852. The van der Waals surface area contributed by atoms with Gasteiger partial charge in [-0.15, -0.1) is 0 Å². The van der Waals surface area contributed by atoms with Crippen LogP contribution in [0.2, 0.25) is 5.02 Å². The highest BCUT2D eigenvalue weighted by atomic mass is 35.5. The maximum atomic E-state index is 12.7. The fourth-order valence-corrected chi connectivity index (χ4v) is 4.25. The number of benzene rings is 1. The average Bonchev–Trinajstić information content (AvgIpc) is 2.56. The van der Waals surface area contributed by atoms with Gasteiger partial charge in [0.15, 0.2) is 0 Å². The van der Waals surface area contributed by atoms with Gasteiger partial charge in [0, 0.05) is 37.4 Å². The molecule has 0 bridgehead atoms. The van der Waals surface area contributed by atoms with E-state index in [1.54, 1.807) is 30.5 Å². The second kappa shape index (κ2) is 6.47. The van der Waals surface area contributed by atoms with Crippen molar-refractivity contribution in [1.29, 1.82) is 0 Å². The first kappa shape index (κ1) is 16.2. The van der Waals surface area contributed by atoms with E-state index in [1.165, 1.54) is 4.31 Å². The molecule has 0 N–H and O–H groups in total. The van der Waals surface area contributed by atoms with Gasteiger partial charge in [0.25, 0.3) is 0 Å². The fourth-order valence-electron chi connectivity index (χ4n) is 2.70. The first-order valence-corrected chi connectivity index (χ1v) is 9.22. The molecule has 2 aromatic rings. The Morgan fingerprint density at radius 2 is 1.70 bits per heavy atom. The van der Waals surface area contributed by atoms with E-state index < -0.39 is 10.0 Å². The molecular formula is C16H18ClN3O2S. The molecule has 7 heteroatoms. The van der Waals surface area contributed by atoms with Crippen LogP contribution in [-0.2, 0) is 10.0 Å². The Kier molecular flexibility index (Phi) is 4.57. The highest BCUT2D eigenvalue weighted by Gasteiger charge is 2.29. The predicted molar refractivity (Wildman–Crippen MR) is 91.4 cm³/mol. The van der Waals surface area contributed by atoms with Crippen molar-refractivity contribution in [3.05, 3.63) is 53.2 Å². The number of hydrogen-bond acceptors (Lipinski definition) is 4. The van der Waals surface area contributed by atoms with Gasteiger partial charge in [0.05, 0.1) is 4.90 Å². The zero-order chi connectivity index (χ0) is 16.4.